The molecule has 0 aliphatic rings. The van der Waals surface area contributed by atoms with Crippen LogP contribution in [0.4, 0.5) is 13.2 Å². The molecular weight excluding hydrogens is 419 g/mol. The van der Waals surface area contributed by atoms with Gasteiger partial charge in [-0.3, -0.25) is 4.98 Å². The van der Waals surface area contributed by atoms with Crippen LogP contribution in [0, 0.1) is 0 Å². The monoisotopic (exact) mass is 433 g/mol. The molecule has 0 aliphatic heterocycles. The molecule has 0 aliphatic carbocycles. The lowest BCUT2D eigenvalue weighted by atomic mass is 9.97. The zero-order chi connectivity index (χ0) is 20.6. The summed E-state index contributed by atoms with van der Waals surface area (Å²) in [4.78, 5) is 5.61. The number of thiol groups is 1. The predicted octanol–water partition coefficient (Wildman–Crippen LogP) is 5.76. The second-order valence-electron chi connectivity index (χ2n) is 6.40. The van der Waals surface area contributed by atoms with Crippen LogP contribution in [0.5, 0.6) is 0 Å². The summed E-state index contributed by atoms with van der Waals surface area (Å²) in [6.07, 6.45) is -3.10. The van der Waals surface area contributed by atoms with Gasteiger partial charge in [-0.1, -0.05) is 30.3 Å². The number of halogens is 3. The lowest BCUT2D eigenvalue weighted by Gasteiger charge is -2.12. The number of pyridine rings is 1. The molecular formula is C21H14F3NO2S2. The molecule has 0 unspecified atom stereocenters. The third-order valence-corrected chi connectivity index (χ3v) is 6.43. The second-order valence-corrected chi connectivity index (χ2v) is 8.55. The molecule has 3 nitrogen and oxygen atoms in total. The summed E-state index contributed by atoms with van der Waals surface area (Å²) in [7, 11) is -2.50. The van der Waals surface area contributed by atoms with E-state index in [-0.39, 0.29) is 11.3 Å². The Hall–Kier alpha value is -2.71. The highest BCUT2D eigenvalue weighted by molar-refractivity contribution is 7.71. The van der Waals surface area contributed by atoms with E-state index < -0.39 is 22.4 Å². The maximum atomic E-state index is 13.3. The number of thiophene rings is 1. The Morgan fingerprint density at radius 3 is 2.45 bits per heavy atom. The first-order valence-electron chi connectivity index (χ1n) is 8.59. The molecule has 0 spiro atoms. The van der Waals surface area contributed by atoms with Crippen molar-refractivity contribution < 1.29 is 21.6 Å². The third kappa shape index (κ3) is 4.04. The van der Waals surface area contributed by atoms with Crippen molar-refractivity contribution in [3.63, 3.8) is 0 Å². The van der Waals surface area contributed by atoms with Gasteiger partial charge in [0, 0.05) is 21.3 Å². The van der Waals surface area contributed by atoms with E-state index in [9.17, 15) is 21.6 Å². The molecule has 0 N–H and O–H groups in total. The van der Waals surface area contributed by atoms with Crippen LogP contribution in [0.1, 0.15) is 10.4 Å². The zero-order valence-corrected chi connectivity index (χ0v) is 16.5. The van der Waals surface area contributed by atoms with E-state index in [1.165, 1.54) is 23.6 Å². The molecule has 4 aromatic rings. The van der Waals surface area contributed by atoms with E-state index in [0.29, 0.717) is 10.9 Å². The van der Waals surface area contributed by atoms with Crippen LogP contribution in [0.25, 0.3) is 32.5 Å². The fourth-order valence-corrected chi connectivity index (χ4v) is 4.98. The quantitative estimate of drug-likeness (QED) is 0.416. The largest absolute Gasteiger partial charge is 0.418 e. The van der Waals surface area contributed by atoms with Crippen molar-refractivity contribution in [2.75, 3.05) is 0 Å². The number of para-hydroxylation sites is 1. The van der Waals surface area contributed by atoms with Crippen molar-refractivity contribution in [3.8, 4) is 21.6 Å². The molecule has 2 aromatic heterocycles. The minimum atomic E-state index is -4.48. The normalized spacial score (nSPS) is 12.0. The lowest BCUT2D eigenvalue weighted by Crippen LogP contribution is -2.06. The van der Waals surface area contributed by atoms with E-state index in [2.05, 4.69) is 4.98 Å². The molecule has 4 rings (SSSR count). The van der Waals surface area contributed by atoms with Crippen LogP contribution >= 0.6 is 11.3 Å². The van der Waals surface area contributed by atoms with Crippen LogP contribution in [0.2, 0.25) is 0 Å². The van der Waals surface area contributed by atoms with Gasteiger partial charge in [0.15, 0.2) is 0 Å². The van der Waals surface area contributed by atoms with Gasteiger partial charge in [-0.15, -0.1) is 11.3 Å². The summed E-state index contributed by atoms with van der Waals surface area (Å²) in [6, 6.07) is 16.8. The Morgan fingerprint density at radius 1 is 0.931 bits per heavy atom. The molecule has 0 radical (unpaired) electrons. The summed E-state index contributed by atoms with van der Waals surface area (Å²) in [5, 5.41) is 0.426. The summed E-state index contributed by atoms with van der Waals surface area (Å²) in [5.41, 5.74) is 1.45. The number of hydrogen-bond donors (Lipinski definition) is 1. The Balaban J connectivity index is 1.81. The molecule has 0 bridgehead atoms. The summed E-state index contributed by atoms with van der Waals surface area (Å²) < 4.78 is 61.9. The molecule has 2 aromatic carbocycles. The summed E-state index contributed by atoms with van der Waals surface area (Å²) in [6.45, 7) is 0. The molecule has 2 heterocycles. The van der Waals surface area contributed by atoms with Crippen LogP contribution in [0.3, 0.4) is 0 Å². The molecule has 0 amide bonds. The lowest BCUT2D eigenvalue weighted by molar-refractivity contribution is -0.136. The minimum absolute atomic E-state index is 0.00506. The highest BCUT2D eigenvalue weighted by Gasteiger charge is 2.33. The number of nitrogens with zero attached hydrogens (tertiary/aromatic N) is 1. The van der Waals surface area contributed by atoms with Gasteiger partial charge in [0.05, 0.1) is 16.8 Å². The van der Waals surface area contributed by atoms with Gasteiger partial charge in [-0.2, -0.15) is 13.2 Å². The molecule has 0 saturated heterocycles. The van der Waals surface area contributed by atoms with Crippen molar-refractivity contribution in [3.05, 3.63) is 77.3 Å². The van der Waals surface area contributed by atoms with Crippen LogP contribution < -0.4 is 0 Å². The van der Waals surface area contributed by atoms with Gasteiger partial charge < -0.3 is 0 Å². The van der Waals surface area contributed by atoms with Crippen LogP contribution in [-0.2, 0) is 22.6 Å². The van der Waals surface area contributed by atoms with Gasteiger partial charge in [0.1, 0.15) is 10.7 Å². The van der Waals surface area contributed by atoms with E-state index in [1.54, 1.807) is 18.2 Å². The fourth-order valence-electron chi connectivity index (χ4n) is 3.24. The van der Waals surface area contributed by atoms with Crippen molar-refractivity contribution in [1.29, 1.82) is 0 Å². The first-order valence-corrected chi connectivity index (χ1v) is 10.8. The van der Waals surface area contributed by atoms with Gasteiger partial charge in [0.2, 0.25) is 0 Å². The molecule has 0 fully saturated rings. The average molecular weight is 433 g/mol. The van der Waals surface area contributed by atoms with E-state index in [0.717, 1.165) is 26.9 Å². The Bertz CT molecular complexity index is 1270. The topological polar surface area (TPSA) is 47.0 Å². The maximum absolute atomic E-state index is 13.3. The van der Waals surface area contributed by atoms with Gasteiger partial charge in [0.25, 0.3) is 0 Å². The smallest absolute Gasteiger partial charge is 0.256 e. The Kier molecular flexibility index (Phi) is 5.14. The van der Waals surface area contributed by atoms with Gasteiger partial charge in [-0.25, -0.2) is 8.42 Å². The number of rotatable bonds is 4. The first-order chi connectivity index (χ1) is 13.8. The highest BCUT2D eigenvalue weighted by Crippen LogP contribution is 2.38. The standard InChI is InChI=1S/C21H14F3NO2S2/c22-21(23,24)18-6-2-5-17-16(9-10-25-20(17)18)13-3-1-4-14(11-13)19-8-7-15(28-19)12-29(26)27/h1-11,29H,12H2. The molecule has 29 heavy (non-hydrogen) atoms. The summed E-state index contributed by atoms with van der Waals surface area (Å²) in [5.74, 6) is -0.00506. The minimum Gasteiger partial charge on any atom is -0.256 e. The number of aromatic nitrogens is 1. The number of benzene rings is 2. The fraction of sp³-hybridized carbons (Fsp3) is 0.0952. The van der Waals surface area contributed by atoms with E-state index in [4.69, 9.17) is 0 Å². The van der Waals surface area contributed by atoms with Crippen molar-refractivity contribution in [2.24, 2.45) is 0 Å². The second kappa shape index (κ2) is 7.61. The third-order valence-electron chi connectivity index (χ3n) is 4.48. The van der Waals surface area contributed by atoms with Gasteiger partial charge in [-0.05, 0) is 47.0 Å². The van der Waals surface area contributed by atoms with Crippen LogP contribution in [0.15, 0.2) is 66.9 Å². The first kappa shape index (κ1) is 19.6. The molecule has 148 valence electrons. The Morgan fingerprint density at radius 2 is 1.69 bits per heavy atom. The van der Waals surface area contributed by atoms with Crippen molar-refractivity contribution in [2.45, 2.75) is 11.9 Å². The SMILES string of the molecule is O=[SH](=O)Cc1ccc(-c2cccc(-c3ccnc4c(C(F)(F)F)cccc34)c2)s1. The Labute approximate surface area is 170 Å². The number of hydrogen-bond acceptors (Lipinski definition) is 4. The molecule has 8 heteroatoms. The van der Waals surface area contributed by atoms with E-state index >= 15 is 0 Å². The molecule has 0 saturated carbocycles. The summed E-state index contributed by atoms with van der Waals surface area (Å²) >= 11 is 1.38. The zero-order valence-electron chi connectivity index (χ0n) is 14.8. The predicted molar refractivity (Wildman–Crippen MR) is 110 cm³/mol. The van der Waals surface area contributed by atoms with Crippen LogP contribution in [-0.4, -0.2) is 13.4 Å². The molecule has 0 atom stereocenters. The maximum Gasteiger partial charge on any atom is 0.418 e. The van der Waals surface area contributed by atoms with E-state index in [1.807, 2.05) is 30.3 Å². The highest BCUT2D eigenvalue weighted by atomic mass is 32.2. The average Bonchev–Trinajstić information content (AvgIpc) is 3.14. The number of alkyl halides is 3. The van der Waals surface area contributed by atoms with Crippen molar-refractivity contribution in [1.82, 2.24) is 4.98 Å². The van der Waals surface area contributed by atoms with Gasteiger partial charge >= 0.3 is 6.18 Å². The number of fused-ring (bicyclic) bond motifs is 1. The van der Waals surface area contributed by atoms with Crippen molar-refractivity contribution >= 4 is 32.9 Å².